The minimum atomic E-state index is -0.0855. The molecule has 18 heavy (non-hydrogen) atoms. The minimum Gasteiger partial charge on any atom is -0.496 e. The molecule has 0 aliphatic carbocycles. The van der Waals surface area contributed by atoms with Crippen molar-refractivity contribution in [1.82, 2.24) is 0 Å². The second kappa shape index (κ2) is 5.27. The number of aryl methyl sites for hydroxylation is 1. The number of carbonyl (C=O) groups excluding carboxylic acids is 1. The van der Waals surface area contributed by atoms with Crippen LogP contribution in [0.4, 0.5) is 0 Å². The number of carbonyl (C=O) groups is 1. The Morgan fingerprint density at radius 3 is 2.78 bits per heavy atom. The third-order valence-corrected chi connectivity index (χ3v) is 3.00. The van der Waals surface area contributed by atoms with E-state index in [4.69, 9.17) is 20.8 Å². The van der Waals surface area contributed by atoms with Crippen LogP contribution in [0.3, 0.4) is 0 Å². The lowest BCUT2D eigenvalue weighted by Crippen LogP contribution is -2.04. The maximum Gasteiger partial charge on any atom is 0.203 e. The molecule has 2 aromatic rings. The maximum atomic E-state index is 12.1. The molecule has 0 fully saturated rings. The Bertz CT molecular complexity index is 572. The van der Waals surface area contributed by atoms with E-state index in [2.05, 4.69) is 0 Å². The Morgan fingerprint density at radius 1 is 1.39 bits per heavy atom. The monoisotopic (exact) mass is 264 g/mol. The van der Waals surface area contributed by atoms with E-state index < -0.39 is 0 Å². The van der Waals surface area contributed by atoms with Gasteiger partial charge in [0.2, 0.25) is 5.22 Å². The SMILES string of the molecule is COc1ccc(C)cc1CC(=O)c1ccoc1Cl. The van der Waals surface area contributed by atoms with Crippen molar-refractivity contribution in [3.63, 3.8) is 0 Å². The average molecular weight is 265 g/mol. The molecule has 0 radical (unpaired) electrons. The van der Waals surface area contributed by atoms with Gasteiger partial charge in [0.15, 0.2) is 5.78 Å². The molecule has 0 aliphatic rings. The molecule has 1 aromatic heterocycles. The molecule has 0 saturated heterocycles. The lowest BCUT2D eigenvalue weighted by Gasteiger charge is -2.08. The summed E-state index contributed by atoms with van der Waals surface area (Å²) in [5.74, 6) is 0.617. The summed E-state index contributed by atoms with van der Waals surface area (Å²) < 4.78 is 10.2. The number of Topliss-reactive ketones (excluding diaryl/α,β-unsaturated/α-hetero) is 1. The zero-order valence-corrected chi connectivity index (χ0v) is 11.0. The van der Waals surface area contributed by atoms with Gasteiger partial charge >= 0.3 is 0 Å². The van der Waals surface area contributed by atoms with Crippen LogP contribution >= 0.6 is 11.6 Å². The number of ether oxygens (including phenoxy) is 1. The van der Waals surface area contributed by atoms with Crippen LogP contribution in [-0.4, -0.2) is 12.9 Å². The van der Waals surface area contributed by atoms with E-state index in [0.29, 0.717) is 11.3 Å². The van der Waals surface area contributed by atoms with Crippen molar-refractivity contribution in [1.29, 1.82) is 0 Å². The van der Waals surface area contributed by atoms with E-state index in [1.807, 2.05) is 25.1 Å². The number of hydrogen-bond donors (Lipinski definition) is 0. The van der Waals surface area contributed by atoms with Gasteiger partial charge in [0.25, 0.3) is 0 Å². The van der Waals surface area contributed by atoms with Crippen molar-refractivity contribution in [2.45, 2.75) is 13.3 Å². The van der Waals surface area contributed by atoms with Gasteiger partial charge in [-0.25, -0.2) is 0 Å². The highest BCUT2D eigenvalue weighted by Gasteiger charge is 2.15. The van der Waals surface area contributed by atoms with Gasteiger partial charge in [-0.2, -0.15) is 0 Å². The van der Waals surface area contributed by atoms with Crippen LogP contribution in [0.25, 0.3) is 0 Å². The van der Waals surface area contributed by atoms with Crippen LogP contribution in [0, 0.1) is 6.92 Å². The summed E-state index contributed by atoms with van der Waals surface area (Å²) in [5.41, 5.74) is 2.33. The van der Waals surface area contributed by atoms with E-state index in [9.17, 15) is 4.79 Å². The van der Waals surface area contributed by atoms with Crippen molar-refractivity contribution >= 4 is 17.4 Å². The molecule has 0 amide bonds. The number of furan rings is 1. The van der Waals surface area contributed by atoms with Crippen LogP contribution in [0.5, 0.6) is 5.75 Å². The molecule has 1 heterocycles. The molecule has 2 rings (SSSR count). The van der Waals surface area contributed by atoms with Gasteiger partial charge in [-0.1, -0.05) is 17.7 Å². The van der Waals surface area contributed by atoms with Crippen LogP contribution in [0.2, 0.25) is 5.22 Å². The van der Waals surface area contributed by atoms with Crippen molar-refractivity contribution < 1.29 is 13.9 Å². The first-order valence-corrected chi connectivity index (χ1v) is 5.89. The fraction of sp³-hybridized carbons (Fsp3) is 0.214. The Kier molecular flexibility index (Phi) is 3.72. The summed E-state index contributed by atoms with van der Waals surface area (Å²) in [4.78, 5) is 12.1. The largest absolute Gasteiger partial charge is 0.496 e. The number of methoxy groups -OCH3 is 1. The zero-order valence-electron chi connectivity index (χ0n) is 10.2. The number of hydrogen-bond acceptors (Lipinski definition) is 3. The van der Waals surface area contributed by atoms with Crippen molar-refractivity contribution in [3.05, 3.63) is 52.4 Å². The Labute approximate surface area is 110 Å². The van der Waals surface area contributed by atoms with Gasteiger partial charge < -0.3 is 9.15 Å². The van der Waals surface area contributed by atoms with Gasteiger partial charge in [-0.15, -0.1) is 0 Å². The van der Waals surface area contributed by atoms with Crippen LogP contribution in [-0.2, 0) is 6.42 Å². The predicted molar refractivity (Wildman–Crippen MR) is 69.5 cm³/mol. The third-order valence-electron chi connectivity index (χ3n) is 2.71. The molecule has 3 nitrogen and oxygen atoms in total. The molecule has 0 spiro atoms. The van der Waals surface area contributed by atoms with Crippen LogP contribution in [0.15, 0.2) is 34.9 Å². The fourth-order valence-electron chi connectivity index (χ4n) is 1.81. The van der Waals surface area contributed by atoms with Gasteiger partial charge in [0.05, 0.1) is 18.9 Å². The summed E-state index contributed by atoms with van der Waals surface area (Å²) >= 11 is 5.79. The molecule has 0 bridgehead atoms. The number of benzene rings is 1. The molecule has 0 aliphatic heterocycles. The van der Waals surface area contributed by atoms with E-state index in [0.717, 1.165) is 11.1 Å². The van der Waals surface area contributed by atoms with Gasteiger partial charge in [0.1, 0.15) is 5.75 Å². The molecule has 4 heteroatoms. The first-order valence-electron chi connectivity index (χ1n) is 5.51. The van der Waals surface area contributed by atoms with Crippen LogP contribution < -0.4 is 4.74 Å². The minimum absolute atomic E-state index is 0.0855. The summed E-state index contributed by atoms with van der Waals surface area (Å²) in [6, 6.07) is 7.31. The summed E-state index contributed by atoms with van der Waals surface area (Å²) in [6.45, 7) is 1.97. The zero-order chi connectivity index (χ0) is 13.1. The van der Waals surface area contributed by atoms with E-state index in [1.165, 1.54) is 6.26 Å². The molecule has 94 valence electrons. The first-order chi connectivity index (χ1) is 8.61. The molecule has 0 unspecified atom stereocenters. The lowest BCUT2D eigenvalue weighted by molar-refractivity contribution is 0.0991. The molecule has 1 aromatic carbocycles. The van der Waals surface area contributed by atoms with E-state index in [1.54, 1.807) is 13.2 Å². The molecular weight excluding hydrogens is 252 g/mol. The molecular formula is C14H13ClO3. The van der Waals surface area contributed by atoms with E-state index >= 15 is 0 Å². The van der Waals surface area contributed by atoms with Crippen LogP contribution in [0.1, 0.15) is 21.5 Å². The third kappa shape index (κ3) is 2.57. The van der Waals surface area contributed by atoms with E-state index in [-0.39, 0.29) is 17.4 Å². The van der Waals surface area contributed by atoms with Gasteiger partial charge in [0, 0.05) is 12.0 Å². The smallest absolute Gasteiger partial charge is 0.203 e. The normalized spacial score (nSPS) is 10.4. The fourth-order valence-corrected chi connectivity index (χ4v) is 2.03. The first kappa shape index (κ1) is 12.7. The van der Waals surface area contributed by atoms with Crippen molar-refractivity contribution in [3.8, 4) is 5.75 Å². The highest BCUT2D eigenvalue weighted by Crippen LogP contribution is 2.24. The Hall–Kier alpha value is -1.74. The predicted octanol–water partition coefficient (Wildman–Crippen LogP) is 3.68. The number of halogens is 1. The molecule has 0 saturated carbocycles. The number of ketones is 1. The van der Waals surface area contributed by atoms with Gasteiger partial charge in [-0.05, 0) is 30.7 Å². The quantitative estimate of drug-likeness (QED) is 0.791. The maximum absolute atomic E-state index is 12.1. The standard InChI is InChI=1S/C14H13ClO3/c1-9-3-4-13(17-2)10(7-9)8-12(16)11-5-6-18-14(11)15/h3-7H,8H2,1-2H3. The van der Waals surface area contributed by atoms with Gasteiger partial charge in [-0.3, -0.25) is 4.79 Å². The highest BCUT2D eigenvalue weighted by atomic mass is 35.5. The number of rotatable bonds is 4. The molecule has 0 atom stereocenters. The molecule has 0 N–H and O–H groups in total. The van der Waals surface area contributed by atoms with Crippen molar-refractivity contribution in [2.75, 3.05) is 7.11 Å². The second-order valence-electron chi connectivity index (χ2n) is 4.02. The Morgan fingerprint density at radius 2 is 2.17 bits per heavy atom. The second-order valence-corrected chi connectivity index (χ2v) is 4.37. The Balaban J connectivity index is 2.27. The summed E-state index contributed by atoms with van der Waals surface area (Å²) in [7, 11) is 1.59. The topological polar surface area (TPSA) is 39.4 Å². The summed E-state index contributed by atoms with van der Waals surface area (Å²) in [5, 5.41) is 0.131. The lowest BCUT2D eigenvalue weighted by atomic mass is 10.0. The average Bonchev–Trinajstić information content (AvgIpc) is 2.76. The highest BCUT2D eigenvalue weighted by molar-refractivity contribution is 6.32. The summed E-state index contributed by atoms with van der Waals surface area (Å²) in [6.07, 6.45) is 1.65. The van der Waals surface area contributed by atoms with Crippen molar-refractivity contribution in [2.24, 2.45) is 0 Å².